The van der Waals surface area contributed by atoms with E-state index < -0.39 is 19.5 Å². The quantitative estimate of drug-likeness (QED) is 0.560. The van der Waals surface area contributed by atoms with Crippen LogP contribution in [0.1, 0.15) is 15.9 Å². The zero-order valence-electron chi connectivity index (χ0n) is 10.1. The Bertz CT molecular complexity index is 477. The minimum atomic E-state index is -0.704. The van der Waals surface area contributed by atoms with Gasteiger partial charge in [-0.1, -0.05) is 0 Å². The number of carbonyl (C=O) groups excluding carboxylic acids is 1. The summed E-state index contributed by atoms with van der Waals surface area (Å²) in [6.07, 6.45) is 0. The standard InChI is InChI=1S/C7H6O2.C7H7.2ClH.Ti/c8-7(9)6-4-2-1-3-5-6;1-7-5-3-2-4-6-7;;;/h1-5H,(H,8,9);2-6H,1H2;2*1H;/q;;;;+3/p-3. The molecule has 0 aliphatic rings. The molecule has 0 unspecified atom stereocenters. The topological polar surface area (TPSA) is 26.3 Å². The van der Waals surface area contributed by atoms with Crippen molar-refractivity contribution in [2.75, 3.05) is 0 Å². The van der Waals surface area contributed by atoms with Crippen LogP contribution in [0.4, 0.5) is 0 Å². The average Bonchev–Trinajstić information content (AvgIpc) is 2.41. The Morgan fingerprint density at radius 3 is 2.00 bits per heavy atom. The Morgan fingerprint density at radius 2 is 1.42 bits per heavy atom. The summed E-state index contributed by atoms with van der Waals surface area (Å²) >= 11 is -0.704. The van der Waals surface area contributed by atoms with E-state index in [0.717, 1.165) is 4.73 Å². The molecule has 0 amide bonds. The molecule has 0 spiro atoms. The Morgan fingerprint density at radius 1 is 0.895 bits per heavy atom. The van der Waals surface area contributed by atoms with Gasteiger partial charge in [0.1, 0.15) is 0 Å². The molecule has 2 rings (SSSR count). The third-order valence-corrected chi connectivity index (χ3v) is 3.67. The molecule has 5 heteroatoms. The van der Waals surface area contributed by atoms with Gasteiger partial charge in [0.05, 0.1) is 0 Å². The van der Waals surface area contributed by atoms with Gasteiger partial charge in [-0.25, -0.2) is 0 Å². The van der Waals surface area contributed by atoms with E-state index in [1.165, 1.54) is 5.56 Å². The first-order chi connectivity index (χ1) is 8.36. The van der Waals surface area contributed by atoms with Crippen molar-refractivity contribution in [3.05, 3.63) is 71.8 Å². The zero-order chi connectivity index (χ0) is 11.9. The van der Waals surface area contributed by atoms with Crippen molar-refractivity contribution in [2.24, 2.45) is 0 Å². The van der Waals surface area contributed by atoms with E-state index in [4.69, 9.17) is 3.32 Å². The minimum absolute atomic E-state index is 0. The molecule has 98 valence electrons. The maximum absolute atomic E-state index is 11.6. The molecule has 2 aromatic rings. The Balaban J connectivity index is 0.00000162. The fourth-order valence-electron chi connectivity index (χ4n) is 1.41. The molecule has 0 fully saturated rings. The van der Waals surface area contributed by atoms with Crippen molar-refractivity contribution >= 4 is 5.97 Å². The van der Waals surface area contributed by atoms with E-state index in [1.54, 1.807) is 12.1 Å². The second kappa shape index (κ2) is 10.0. The predicted molar refractivity (Wildman–Crippen MR) is 62.0 cm³/mol. The van der Waals surface area contributed by atoms with Crippen LogP contribution in [0.2, 0.25) is 0 Å². The normalized spacial score (nSPS) is 8.42. The van der Waals surface area contributed by atoms with E-state index in [9.17, 15) is 4.79 Å². The van der Waals surface area contributed by atoms with Crippen LogP contribution in [0.3, 0.4) is 0 Å². The van der Waals surface area contributed by atoms with Crippen LogP contribution in [0.25, 0.3) is 0 Å². The largest absolute Gasteiger partial charge is 1.00 e. The van der Waals surface area contributed by atoms with E-state index in [0.29, 0.717) is 5.56 Å². The van der Waals surface area contributed by atoms with E-state index >= 15 is 0 Å². The number of rotatable bonds is 4. The Kier molecular flexibility index (Phi) is 9.63. The third-order valence-electron chi connectivity index (χ3n) is 2.29. The van der Waals surface area contributed by atoms with E-state index in [1.807, 2.05) is 36.4 Å². The molecule has 19 heavy (non-hydrogen) atoms. The number of halogens is 2. The van der Waals surface area contributed by atoms with Gasteiger partial charge in [-0.05, 0) is 0 Å². The summed E-state index contributed by atoms with van der Waals surface area (Å²) < 4.78 is 6.19. The SMILES string of the molecule is O=C([O][Ti+2][CH2]c1ccccc1)c1ccccc1.[Cl-].[Cl-]. The van der Waals surface area contributed by atoms with Crippen molar-refractivity contribution < 1.29 is 52.5 Å². The first kappa shape index (κ1) is 18.2. The molecule has 0 atom stereocenters. The molecule has 0 aromatic heterocycles. The van der Waals surface area contributed by atoms with Gasteiger partial charge in [-0.2, -0.15) is 0 Å². The van der Waals surface area contributed by atoms with Gasteiger partial charge in [0.15, 0.2) is 0 Å². The average molecular weight is 331 g/mol. The van der Waals surface area contributed by atoms with Crippen molar-refractivity contribution in [1.29, 1.82) is 0 Å². The summed E-state index contributed by atoms with van der Waals surface area (Å²) in [6, 6.07) is 19.2. The predicted octanol–water partition coefficient (Wildman–Crippen LogP) is -2.95. The second-order valence-electron chi connectivity index (χ2n) is 3.56. The maximum atomic E-state index is 11.6. The molecule has 2 aromatic carbocycles. The van der Waals surface area contributed by atoms with Crippen LogP contribution >= 0.6 is 0 Å². The van der Waals surface area contributed by atoms with E-state index in [-0.39, 0.29) is 30.8 Å². The van der Waals surface area contributed by atoms with Gasteiger partial charge in [0.2, 0.25) is 0 Å². The van der Waals surface area contributed by atoms with Gasteiger partial charge in [-0.3, -0.25) is 0 Å². The molecule has 0 radical (unpaired) electrons. The fourth-order valence-corrected chi connectivity index (χ4v) is 2.54. The summed E-state index contributed by atoms with van der Waals surface area (Å²) in [7, 11) is 0. The molecule has 0 saturated carbocycles. The summed E-state index contributed by atoms with van der Waals surface area (Å²) in [5.41, 5.74) is 1.86. The van der Waals surface area contributed by atoms with Crippen LogP contribution in [0, 0.1) is 0 Å². The van der Waals surface area contributed by atoms with Crippen LogP contribution in [0.15, 0.2) is 60.7 Å². The third kappa shape index (κ3) is 6.26. The fraction of sp³-hybridized carbons (Fsp3) is 0.0714. The van der Waals surface area contributed by atoms with Crippen LogP contribution in [0.5, 0.6) is 0 Å². The second-order valence-corrected chi connectivity index (χ2v) is 4.88. The van der Waals surface area contributed by atoms with Crippen molar-refractivity contribution in [3.63, 3.8) is 0 Å². The molecule has 0 N–H and O–H groups in total. The number of carbonyl (C=O) groups is 1. The smallest absolute Gasteiger partial charge is 1.00 e. The van der Waals surface area contributed by atoms with Crippen LogP contribution < -0.4 is 24.8 Å². The minimum Gasteiger partial charge on any atom is -1.00 e. The monoisotopic (exact) mass is 330 g/mol. The van der Waals surface area contributed by atoms with Gasteiger partial charge in [0, 0.05) is 0 Å². The first-order valence-corrected chi connectivity index (χ1v) is 7.13. The van der Waals surface area contributed by atoms with Gasteiger partial charge in [0.25, 0.3) is 0 Å². The van der Waals surface area contributed by atoms with Gasteiger partial charge < -0.3 is 24.8 Å². The van der Waals surface area contributed by atoms with Crippen molar-refractivity contribution in [1.82, 2.24) is 0 Å². The summed E-state index contributed by atoms with van der Waals surface area (Å²) in [5.74, 6) is -0.207. The number of hydrogen-bond acceptors (Lipinski definition) is 2. The molecule has 0 saturated heterocycles. The summed E-state index contributed by atoms with van der Waals surface area (Å²) in [6.45, 7) is 0. The molecule has 0 bridgehead atoms. The van der Waals surface area contributed by atoms with Crippen LogP contribution in [-0.4, -0.2) is 5.97 Å². The molecule has 0 aliphatic carbocycles. The molecule has 2 nitrogen and oxygen atoms in total. The zero-order valence-corrected chi connectivity index (χ0v) is 13.1. The van der Waals surface area contributed by atoms with Gasteiger partial charge in [-0.15, -0.1) is 0 Å². The summed E-state index contributed by atoms with van der Waals surface area (Å²) in [5, 5.41) is 0. The number of hydrogen-bond donors (Lipinski definition) is 0. The van der Waals surface area contributed by atoms with Crippen molar-refractivity contribution in [3.8, 4) is 0 Å². The first-order valence-electron chi connectivity index (χ1n) is 5.39. The summed E-state index contributed by atoms with van der Waals surface area (Å²) in [4.78, 5) is 11.6. The van der Waals surface area contributed by atoms with Crippen molar-refractivity contribution in [2.45, 2.75) is 4.73 Å². The Hall–Kier alpha value is -0.796. The number of benzene rings is 2. The molecule has 0 heterocycles. The molecular weight excluding hydrogens is 319 g/mol. The van der Waals surface area contributed by atoms with E-state index in [2.05, 4.69) is 12.1 Å². The maximum Gasteiger partial charge on any atom is -1.00 e. The molecular formula is C14H12Cl2O2Ti. The molecule has 0 aliphatic heterocycles. The van der Waals surface area contributed by atoms with Gasteiger partial charge >= 0.3 is 110 Å². The van der Waals surface area contributed by atoms with Crippen LogP contribution in [-0.2, 0) is 27.6 Å². The Labute approximate surface area is 134 Å².